The number of nitrogens with zero attached hydrogens (tertiary/aromatic N) is 2. The number of anilines is 1. The van der Waals surface area contributed by atoms with Gasteiger partial charge in [0, 0.05) is 17.9 Å². The largest absolute Gasteiger partial charge is 0.497 e. The summed E-state index contributed by atoms with van der Waals surface area (Å²) < 4.78 is 40.7. The highest BCUT2D eigenvalue weighted by Crippen LogP contribution is 2.45. The van der Waals surface area contributed by atoms with Crippen molar-refractivity contribution in [3.63, 3.8) is 0 Å². The number of aliphatic imine (C=N–C) groups is 1. The van der Waals surface area contributed by atoms with Crippen LogP contribution in [0.15, 0.2) is 23.2 Å². The van der Waals surface area contributed by atoms with E-state index < -0.39 is 15.9 Å². The van der Waals surface area contributed by atoms with Gasteiger partial charge in [-0.2, -0.15) is 4.99 Å². The molecule has 3 heterocycles. The van der Waals surface area contributed by atoms with Gasteiger partial charge in [-0.3, -0.25) is 4.79 Å². The van der Waals surface area contributed by atoms with Crippen LogP contribution in [0.3, 0.4) is 0 Å². The summed E-state index contributed by atoms with van der Waals surface area (Å²) in [7, 11) is -0.0424. The van der Waals surface area contributed by atoms with Crippen molar-refractivity contribution >= 4 is 38.4 Å². The number of methoxy groups -OCH3 is 2. The summed E-state index contributed by atoms with van der Waals surface area (Å²) in [6, 6.07) is 4.99. The molecule has 1 amide bonds. The predicted molar refractivity (Wildman–Crippen MR) is 107 cm³/mol. The van der Waals surface area contributed by atoms with E-state index in [-0.39, 0.29) is 28.7 Å². The number of ether oxygens (including phenoxy) is 3. The van der Waals surface area contributed by atoms with Crippen molar-refractivity contribution in [1.29, 1.82) is 0 Å². The number of amidine groups is 1. The molecule has 3 fully saturated rings. The average Bonchev–Trinajstić information content (AvgIpc) is 3.36. The molecule has 3 aliphatic heterocycles. The highest BCUT2D eigenvalue weighted by atomic mass is 32.2. The fraction of sp³-hybridized carbons (Fsp3) is 0.556. The average molecular weight is 427 g/mol. The first-order valence-corrected chi connectivity index (χ1v) is 11.7. The number of hydrogen-bond acceptors (Lipinski definition) is 7. The van der Waals surface area contributed by atoms with Gasteiger partial charge < -0.3 is 19.1 Å². The van der Waals surface area contributed by atoms with Crippen LogP contribution < -0.4 is 14.4 Å². The van der Waals surface area contributed by atoms with E-state index in [4.69, 9.17) is 14.2 Å². The van der Waals surface area contributed by atoms with E-state index in [9.17, 15) is 13.2 Å². The number of rotatable bonds is 4. The first kappa shape index (κ1) is 19.5. The zero-order valence-electron chi connectivity index (χ0n) is 15.7. The van der Waals surface area contributed by atoms with Crippen LogP contribution in [0.5, 0.6) is 11.5 Å². The lowest BCUT2D eigenvalue weighted by Crippen LogP contribution is -2.38. The molecule has 4 rings (SSSR count). The van der Waals surface area contributed by atoms with Crippen molar-refractivity contribution in [1.82, 2.24) is 0 Å². The second kappa shape index (κ2) is 7.57. The number of sulfone groups is 1. The minimum absolute atomic E-state index is 0.0121. The first-order chi connectivity index (χ1) is 13.4. The van der Waals surface area contributed by atoms with E-state index in [1.807, 2.05) is 4.90 Å². The Labute approximate surface area is 168 Å². The summed E-state index contributed by atoms with van der Waals surface area (Å²) in [5, 5.41) is 0.300. The van der Waals surface area contributed by atoms with Crippen LogP contribution in [-0.4, -0.2) is 69.2 Å². The van der Waals surface area contributed by atoms with Crippen LogP contribution in [0, 0.1) is 0 Å². The molecular weight excluding hydrogens is 404 g/mol. The smallest absolute Gasteiger partial charge is 0.277 e. The lowest BCUT2D eigenvalue weighted by molar-refractivity contribution is -0.126. The molecule has 10 heteroatoms. The second-order valence-corrected chi connectivity index (χ2v) is 10.3. The normalized spacial score (nSPS) is 29.9. The molecule has 1 aromatic rings. The van der Waals surface area contributed by atoms with E-state index >= 15 is 0 Å². The molecule has 0 bridgehead atoms. The van der Waals surface area contributed by atoms with Gasteiger partial charge in [0.2, 0.25) is 0 Å². The van der Waals surface area contributed by atoms with Gasteiger partial charge in [0.15, 0.2) is 15.0 Å². The molecule has 3 unspecified atom stereocenters. The number of hydrogen-bond donors (Lipinski definition) is 0. The number of fused-ring (bicyclic) bond motifs is 1. The highest BCUT2D eigenvalue weighted by molar-refractivity contribution is 8.16. The number of amides is 1. The van der Waals surface area contributed by atoms with Crippen molar-refractivity contribution < 1.29 is 27.4 Å². The summed E-state index contributed by atoms with van der Waals surface area (Å²) >= 11 is 1.33. The van der Waals surface area contributed by atoms with Gasteiger partial charge in [-0.05, 0) is 25.0 Å². The Morgan fingerprint density at radius 2 is 2.11 bits per heavy atom. The summed E-state index contributed by atoms with van der Waals surface area (Å²) in [4.78, 5) is 18.7. The molecule has 152 valence electrons. The molecule has 1 aromatic carbocycles. The molecule has 8 nitrogen and oxygen atoms in total. The van der Waals surface area contributed by atoms with Crippen molar-refractivity contribution in [2.75, 3.05) is 37.2 Å². The van der Waals surface area contributed by atoms with Gasteiger partial charge in [-0.1, -0.05) is 11.8 Å². The summed E-state index contributed by atoms with van der Waals surface area (Å²) in [6.07, 6.45) is 0.973. The Kier molecular flexibility index (Phi) is 5.28. The molecule has 0 radical (unpaired) electrons. The molecule has 0 aliphatic carbocycles. The third-order valence-corrected chi connectivity index (χ3v) is 8.33. The minimum atomic E-state index is -3.15. The quantitative estimate of drug-likeness (QED) is 0.715. The molecule has 0 saturated carbocycles. The summed E-state index contributed by atoms with van der Waals surface area (Å²) in [5.41, 5.74) is 0.637. The molecule has 0 spiro atoms. The van der Waals surface area contributed by atoms with Gasteiger partial charge >= 0.3 is 0 Å². The van der Waals surface area contributed by atoms with E-state index in [2.05, 4.69) is 4.99 Å². The van der Waals surface area contributed by atoms with Crippen LogP contribution >= 0.6 is 11.8 Å². The maximum Gasteiger partial charge on any atom is 0.277 e. The number of carbonyl (C=O) groups is 1. The van der Waals surface area contributed by atoms with Crippen LogP contribution in [-0.2, 0) is 19.4 Å². The standard InChI is InChI=1S/C18H22N2O6S2/c1-24-11-5-6-14(25-2)12(8-11)20-13-9-28(22,23)10-16(13)27-18(20)19-17(21)15-4-3-7-26-15/h5-6,8,13,15-16H,3-4,7,9-10H2,1-2H3. The third kappa shape index (κ3) is 3.60. The van der Waals surface area contributed by atoms with Crippen LogP contribution in [0.1, 0.15) is 12.8 Å². The number of benzene rings is 1. The maximum atomic E-state index is 12.6. The fourth-order valence-electron chi connectivity index (χ4n) is 3.77. The Morgan fingerprint density at radius 3 is 2.79 bits per heavy atom. The fourth-order valence-corrected chi connectivity index (χ4v) is 7.68. The zero-order valence-corrected chi connectivity index (χ0v) is 17.3. The van der Waals surface area contributed by atoms with E-state index in [1.165, 1.54) is 11.8 Å². The second-order valence-electron chi connectivity index (χ2n) is 6.94. The van der Waals surface area contributed by atoms with Crippen LogP contribution in [0.25, 0.3) is 0 Å². The molecule has 28 heavy (non-hydrogen) atoms. The van der Waals surface area contributed by atoms with Crippen LogP contribution in [0.2, 0.25) is 0 Å². The molecule has 3 atom stereocenters. The third-order valence-electron chi connectivity index (χ3n) is 5.12. The van der Waals surface area contributed by atoms with Gasteiger partial charge in [0.1, 0.15) is 17.6 Å². The number of carbonyl (C=O) groups excluding carboxylic acids is 1. The molecule has 3 aliphatic rings. The van der Waals surface area contributed by atoms with Gasteiger partial charge in [-0.15, -0.1) is 0 Å². The Bertz CT molecular complexity index is 911. The van der Waals surface area contributed by atoms with E-state index in [1.54, 1.807) is 32.4 Å². The molecule has 3 saturated heterocycles. The Hall–Kier alpha value is -1.78. The summed E-state index contributed by atoms with van der Waals surface area (Å²) in [6.45, 7) is 0.561. The van der Waals surface area contributed by atoms with Gasteiger partial charge in [-0.25, -0.2) is 8.42 Å². The Balaban J connectivity index is 1.76. The van der Waals surface area contributed by atoms with Gasteiger partial charge in [0.05, 0.1) is 37.5 Å². The molecule has 0 aromatic heterocycles. The topological polar surface area (TPSA) is 94.5 Å². The lowest BCUT2D eigenvalue weighted by Gasteiger charge is -2.26. The maximum absolute atomic E-state index is 12.6. The molecule has 0 N–H and O–H groups in total. The van der Waals surface area contributed by atoms with Crippen molar-refractivity contribution in [3.05, 3.63) is 18.2 Å². The highest BCUT2D eigenvalue weighted by Gasteiger charge is 2.50. The predicted octanol–water partition coefficient (Wildman–Crippen LogP) is 1.48. The Morgan fingerprint density at radius 1 is 1.29 bits per heavy atom. The van der Waals surface area contributed by atoms with Crippen molar-refractivity contribution in [2.24, 2.45) is 4.99 Å². The number of thioether (sulfide) groups is 1. The first-order valence-electron chi connectivity index (χ1n) is 9.04. The van der Waals surface area contributed by atoms with Crippen molar-refractivity contribution in [2.45, 2.75) is 30.2 Å². The lowest BCUT2D eigenvalue weighted by atomic mass is 10.2. The monoisotopic (exact) mass is 426 g/mol. The van der Waals surface area contributed by atoms with Crippen LogP contribution in [0.4, 0.5) is 5.69 Å². The minimum Gasteiger partial charge on any atom is -0.497 e. The van der Waals surface area contributed by atoms with E-state index in [0.717, 1.165) is 6.42 Å². The summed E-state index contributed by atoms with van der Waals surface area (Å²) in [5.74, 6) is 0.921. The van der Waals surface area contributed by atoms with Gasteiger partial charge in [0.25, 0.3) is 5.91 Å². The molecular formula is C18H22N2O6S2. The SMILES string of the molecule is COc1ccc(OC)c(N2C(=NC(=O)C3CCCO3)SC3CS(=O)(=O)CC32)c1. The zero-order chi connectivity index (χ0) is 19.9. The van der Waals surface area contributed by atoms with Crippen molar-refractivity contribution in [3.8, 4) is 11.5 Å². The van der Waals surface area contributed by atoms with E-state index in [0.29, 0.717) is 35.4 Å².